The van der Waals surface area contributed by atoms with Crippen molar-refractivity contribution in [3.05, 3.63) is 64.7 Å². The maximum atomic E-state index is 12.6. The molecule has 0 saturated heterocycles. The van der Waals surface area contributed by atoms with E-state index in [1.54, 1.807) is 12.3 Å². The second-order valence-corrected chi connectivity index (χ2v) is 5.42. The Morgan fingerprint density at radius 1 is 1.20 bits per heavy atom. The van der Waals surface area contributed by atoms with Gasteiger partial charge in [-0.15, -0.1) is 0 Å². The van der Waals surface area contributed by atoms with Gasteiger partial charge in [-0.05, 0) is 11.6 Å². The normalized spacial score (nSPS) is 11.0. The van der Waals surface area contributed by atoms with Crippen LogP contribution in [0, 0.1) is 0 Å². The Morgan fingerprint density at radius 3 is 2.72 bits per heavy atom. The van der Waals surface area contributed by atoms with Gasteiger partial charge in [0.25, 0.3) is 5.56 Å². The van der Waals surface area contributed by atoms with Crippen molar-refractivity contribution in [3.63, 3.8) is 0 Å². The fourth-order valence-electron chi connectivity index (χ4n) is 2.51. The van der Waals surface area contributed by atoms with Crippen LogP contribution in [0.2, 0.25) is 0 Å². The highest BCUT2D eigenvalue weighted by atomic mass is 16.2. The summed E-state index contributed by atoms with van der Waals surface area (Å²) in [4.78, 5) is 31.0. The monoisotopic (exact) mass is 335 g/mol. The number of primary amides is 1. The van der Waals surface area contributed by atoms with E-state index in [0.29, 0.717) is 23.6 Å². The van der Waals surface area contributed by atoms with E-state index in [9.17, 15) is 9.59 Å². The van der Waals surface area contributed by atoms with Crippen LogP contribution in [-0.2, 0) is 6.54 Å². The largest absolute Gasteiger partial charge is 0.350 e. The summed E-state index contributed by atoms with van der Waals surface area (Å²) >= 11 is 0. The molecule has 1 aromatic carbocycles. The number of fused-ring (bicyclic) bond motifs is 1. The van der Waals surface area contributed by atoms with Crippen molar-refractivity contribution in [2.24, 2.45) is 5.73 Å². The van der Waals surface area contributed by atoms with Crippen molar-refractivity contribution in [2.75, 3.05) is 0 Å². The van der Waals surface area contributed by atoms with Crippen molar-refractivity contribution in [3.8, 4) is 11.5 Å². The summed E-state index contributed by atoms with van der Waals surface area (Å²) in [5.74, 6) is 0.367. The Bertz CT molecular complexity index is 1120. The molecule has 0 fully saturated rings. The first-order valence-electron chi connectivity index (χ1n) is 7.47. The summed E-state index contributed by atoms with van der Waals surface area (Å²) < 4.78 is 2.35. The number of amides is 1. The lowest BCUT2D eigenvalue weighted by atomic mass is 10.2. The minimum absolute atomic E-state index is 0.259. The Labute approximate surface area is 140 Å². The standard InChI is InChI=1S/C16H13N7O2/c17-16(25)22-7-6-11(21-22)14-19-12-8-18-23(15(24)13(12)20-14)9-10-4-2-1-3-5-10/h1-8H,9H2,(H2,17,25)(H,19,20). The predicted octanol–water partition coefficient (Wildman–Crippen LogP) is 0.958. The first kappa shape index (κ1) is 14.8. The van der Waals surface area contributed by atoms with Gasteiger partial charge in [-0.1, -0.05) is 30.3 Å². The fraction of sp³-hybridized carbons (Fsp3) is 0.0625. The molecular formula is C16H13N7O2. The second kappa shape index (κ2) is 5.71. The topological polar surface area (TPSA) is 124 Å². The molecule has 3 heterocycles. The highest BCUT2D eigenvalue weighted by molar-refractivity contribution is 5.78. The van der Waals surface area contributed by atoms with Gasteiger partial charge in [0.1, 0.15) is 5.69 Å². The fourth-order valence-corrected chi connectivity index (χ4v) is 2.51. The smallest absolute Gasteiger partial charge is 0.339 e. The summed E-state index contributed by atoms with van der Waals surface area (Å²) in [5, 5.41) is 8.19. The average molecular weight is 335 g/mol. The number of nitrogens with two attached hydrogens (primary N) is 1. The van der Waals surface area contributed by atoms with E-state index in [-0.39, 0.29) is 11.1 Å². The molecule has 0 radical (unpaired) electrons. The molecule has 0 aliphatic heterocycles. The van der Waals surface area contributed by atoms with Gasteiger partial charge < -0.3 is 10.7 Å². The lowest BCUT2D eigenvalue weighted by Gasteiger charge is -2.03. The van der Waals surface area contributed by atoms with Crippen LogP contribution in [0.1, 0.15) is 5.56 Å². The minimum Gasteiger partial charge on any atom is -0.350 e. The van der Waals surface area contributed by atoms with E-state index in [1.165, 1.54) is 10.9 Å². The minimum atomic E-state index is -0.700. The third-order valence-electron chi connectivity index (χ3n) is 3.73. The highest BCUT2D eigenvalue weighted by Crippen LogP contribution is 2.16. The molecule has 124 valence electrons. The molecule has 9 heteroatoms. The van der Waals surface area contributed by atoms with Crippen molar-refractivity contribution < 1.29 is 4.79 Å². The number of nitrogens with one attached hydrogen (secondary N) is 1. The number of aromatic amines is 1. The average Bonchev–Trinajstić information content (AvgIpc) is 3.25. The van der Waals surface area contributed by atoms with E-state index >= 15 is 0 Å². The van der Waals surface area contributed by atoms with Gasteiger partial charge in [-0.3, -0.25) is 4.79 Å². The van der Waals surface area contributed by atoms with Gasteiger partial charge in [-0.25, -0.2) is 14.5 Å². The zero-order valence-corrected chi connectivity index (χ0v) is 13.0. The first-order chi connectivity index (χ1) is 12.1. The Hall–Kier alpha value is -3.75. The maximum Gasteiger partial charge on any atom is 0.339 e. The van der Waals surface area contributed by atoms with Crippen LogP contribution in [0.15, 0.2) is 53.6 Å². The lowest BCUT2D eigenvalue weighted by molar-refractivity contribution is 0.248. The van der Waals surface area contributed by atoms with E-state index < -0.39 is 6.03 Å². The van der Waals surface area contributed by atoms with Gasteiger partial charge in [-0.2, -0.15) is 14.9 Å². The summed E-state index contributed by atoms with van der Waals surface area (Å²) in [5.41, 5.74) is 6.99. The summed E-state index contributed by atoms with van der Waals surface area (Å²) in [6, 6.07) is 10.4. The van der Waals surface area contributed by atoms with Crippen LogP contribution in [0.25, 0.3) is 22.6 Å². The molecule has 25 heavy (non-hydrogen) atoms. The molecule has 0 bridgehead atoms. The maximum absolute atomic E-state index is 12.6. The number of benzene rings is 1. The molecular weight excluding hydrogens is 322 g/mol. The number of nitrogens with zero attached hydrogens (tertiary/aromatic N) is 5. The molecule has 1 amide bonds. The first-order valence-corrected chi connectivity index (χ1v) is 7.47. The summed E-state index contributed by atoms with van der Waals surface area (Å²) in [7, 11) is 0. The molecule has 0 aliphatic carbocycles. The SMILES string of the molecule is NC(=O)n1ccc(-c2nc3c(=O)n(Cc4ccccc4)ncc3[nH]2)n1. The number of hydrogen-bond donors (Lipinski definition) is 2. The Kier molecular flexibility index (Phi) is 3.38. The quantitative estimate of drug-likeness (QED) is 0.577. The summed E-state index contributed by atoms with van der Waals surface area (Å²) in [6.45, 7) is 0.355. The zero-order chi connectivity index (χ0) is 17.4. The third-order valence-corrected chi connectivity index (χ3v) is 3.73. The van der Waals surface area contributed by atoms with Gasteiger partial charge in [0, 0.05) is 6.20 Å². The highest BCUT2D eigenvalue weighted by Gasteiger charge is 2.14. The number of hydrogen-bond acceptors (Lipinski definition) is 5. The number of imidazole rings is 1. The van der Waals surface area contributed by atoms with Crippen molar-refractivity contribution >= 4 is 17.1 Å². The van der Waals surface area contributed by atoms with Gasteiger partial charge >= 0.3 is 6.03 Å². The number of rotatable bonds is 3. The van der Waals surface area contributed by atoms with Gasteiger partial charge in [0.15, 0.2) is 11.3 Å². The van der Waals surface area contributed by atoms with Crippen molar-refractivity contribution in [1.29, 1.82) is 0 Å². The van der Waals surface area contributed by atoms with Gasteiger partial charge in [0.05, 0.1) is 18.3 Å². The van der Waals surface area contributed by atoms with Crippen LogP contribution in [0.4, 0.5) is 4.79 Å². The molecule has 3 aromatic heterocycles. The van der Waals surface area contributed by atoms with E-state index in [1.807, 2.05) is 30.3 Å². The molecule has 0 spiro atoms. The van der Waals surface area contributed by atoms with Crippen LogP contribution in [0.5, 0.6) is 0 Å². The zero-order valence-electron chi connectivity index (χ0n) is 13.0. The predicted molar refractivity (Wildman–Crippen MR) is 89.9 cm³/mol. The third kappa shape index (κ3) is 2.67. The van der Waals surface area contributed by atoms with Crippen molar-refractivity contribution in [1.82, 2.24) is 29.5 Å². The molecule has 4 rings (SSSR count). The number of H-pyrrole nitrogens is 1. The number of aromatic nitrogens is 6. The second-order valence-electron chi connectivity index (χ2n) is 5.42. The van der Waals surface area contributed by atoms with E-state index in [0.717, 1.165) is 10.2 Å². The number of carbonyl (C=O) groups is 1. The molecule has 0 saturated carbocycles. The van der Waals surface area contributed by atoms with Crippen LogP contribution >= 0.6 is 0 Å². The van der Waals surface area contributed by atoms with Crippen LogP contribution in [0.3, 0.4) is 0 Å². The van der Waals surface area contributed by atoms with Crippen LogP contribution < -0.4 is 11.3 Å². The lowest BCUT2D eigenvalue weighted by Crippen LogP contribution is -2.23. The Morgan fingerprint density at radius 2 is 2.00 bits per heavy atom. The summed E-state index contributed by atoms with van der Waals surface area (Å²) in [6.07, 6.45) is 2.97. The van der Waals surface area contributed by atoms with E-state index in [2.05, 4.69) is 20.2 Å². The molecule has 3 N–H and O–H groups in total. The van der Waals surface area contributed by atoms with Crippen molar-refractivity contribution in [2.45, 2.75) is 6.54 Å². The number of carbonyl (C=O) groups excluding carboxylic acids is 1. The Balaban J connectivity index is 1.74. The van der Waals surface area contributed by atoms with Crippen LogP contribution in [-0.4, -0.2) is 35.6 Å². The van der Waals surface area contributed by atoms with E-state index in [4.69, 9.17) is 5.73 Å². The molecule has 4 aromatic rings. The molecule has 9 nitrogen and oxygen atoms in total. The molecule has 0 atom stereocenters. The van der Waals surface area contributed by atoms with Gasteiger partial charge in [0.2, 0.25) is 0 Å². The molecule has 0 aliphatic rings. The molecule has 0 unspecified atom stereocenters.